The van der Waals surface area contributed by atoms with Crippen molar-refractivity contribution >= 4 is 5.84 Å². The van der Waals surface area contributed by atoms with Gasteiger partial charge in [-0.25, -0.2) is 4.39 Å². The molecule has 0 aromatic heterocycles. The quantitative estimate of drug-likeness (QED) is 0.290. The molecule has 104 valence electrons. The van der Waals surface area contributed by atoms with Gasteiger partial charge in [-0.15, -0.1) is 0 Å². The maximum Gasteiger partial charge on any atom is 0.170 e. The Balaban J connectivity index is 2.08. The summed E-state index contributed by atoms with van der Waals surface area (Å²) >= 11 is 0. The molecule has 0 amide bonds. The van der Waals surface area contributed by atoms with E-state index in [1.54, 1.807) is 6.07 Å². The standard InChI is InChI=1S/C14H19FN2O2/c15-12-9-10(14(16)17-18)7-8-13(12)19-11-5-3-1-2-4-6-11/h7-9,11,18H,1-6H2,(H2,16,17). The van der Waals surface area contributed by atoms with E-state index < -0.39 is 5.82 Å². The maximum absolute atomic E-state index is 13.9. The summed E-state index contributed by atoms with van der Waals surface area (Å²) in [5, 5.41) is 11.4. The first-order valence-corrected chi connectivity index (χ1v) is 6.65. The van der Waals surface area contributed by atoms with E-state index in [0.29, 0.717) is 5.56 Å². The molecule has 3 N–H and O–H groups in total. The van der Waals surface area contributed by atoms with Crippen LogP contribution in [-0.4, -0.2) is 17.1 Å². The molecule has 19 heavy (non-hydrogen) atoms. The number of amidine groups is 1. The second-order valence-electron chi connectivity index (χ2n) is 4.86. The topological polar surface area (TPSA) is 67.8 Å². The lowest BCUT2D eigenvalue weighted by atomic mass is 10.1. The van der Waals surface area contributed by atoms with Gasteiger partial charge in [0.25, 0.3) is 0 Å². The molecule has 1 aromatic rings. The smallest absolute Gasteiger partial charge is 0.170 e. The molecular weight excluding hydrogens is 247 g/mol. The number of rotatable bonds is 3. The van der Waals surface area contributed by atoms with Crippen LogP contribution in [0.15, 0.2) is 23.4 Å². The van der Waals surface area contributed by atoms with Gasteiger partial charge in [-0.3, -0.25) is 0 Å². The average Bonchev–Trinajstić information content (AvgIpc) is 2.68. The highest BCUT2D eigenvalue weighted by atomic mass is 19.1. The van der Waals surface area contributed by atoms with Gasteiger partial charge in [0.15, 0.2) is 17.4 Å². The predicted molar refractivity (Wildman–Crippen MR) is 71.0 cm³/mol. The number of nitrogens with zero attached hydrogens (tertiary/aromatic N) is 1. The van der Waals surface area contributed by atoms with Crippen LogP contribution < -0.4 is 10.5 Å². The zero-order chi connectivity index (χ0) is 13.7. The number of oxime groups is 1. The Labute approximate surface area is 112 Å². The molecule has 1 aliphatic carbocycles. The number of hydrogen-bond donors (Lipinski definition) is 2. The first-order chi connectivity index (χ1) is 9.20. The minimum atomic E-state index is -0.478. The highest BCUT2D eigenvalue weighted by Crippen LogP contribution is 2.25. The maximum atomic E-state index is 13.9. The Bertz CT molecular complexity index is 455. The van der Waals surface area contributed by atoms with Gasteiger partial charge >= 0.3 is 0 Å². The fourth-order valence-corrected chi connectivity index (χ4v) is 2.35. The molecule has 0 atom stereocenters. The lowest BCUT2D eigenvalue weighted by molar-refractivity contribution is 0.176. The van der Waals surface area contributed by atoms with Crippen LogP contribution in [-0.2, 0) is 0 Å². The Morgan fingerprint density at radius 2 is 1.95 bits per heavy atom. The van der Waals surface area contributed by atoms with Gasteiger partial charge in [-0.2, -0.15) is 0 Å². The van der Waals surface area contributed by atoms with Crippen molar-refractivity contribution in [2.24, 2.45) is 10.9 Å². The molecule has 0 bridgehead atoms. The molecule has 1 fully saturated rings. The van der Waals surface area contributed by atoms with Crippen LogP contribution in [0.4, 0.5) is 4.39 Å². The third-order valence-corrected chi connectivity index (χ3v) is 3.43. The van der Waals surface area contributed by atoms with E-state index >= 15 is 0 Å². The SMILES string of the molecule is N/C(=N/O)c1ccc(OC2CCCCCC2)c(F)c1. The number of halogens is 1. The molecule has 1 aromatic carbocycles. The van der Waals surface area contributed by atoms with Crippen molar-refractivity contribution in [3.05, 3.63) is 29.6 Å². The summed E-state index contributed by atoms with van der Waals surface area (Å²) in [6, 6.07) is 4.35. The molecule has 2 rings (SSSR count). The predicted octanol–water partition coefficient (Wildman–Crippen LogP) is 3.02. The van der Waals surface area contributed by atoms with E-state index in [9.17, 15) is 4.39 Å². The summed E-state index contributed by atoms with van der Waals surface area (Å²) in [6.45, 7) is 0. The molecule has 0 radical (unpaired) electrons. The van der Waals surface area contributed by atoms with Crippen LogP contribution >= 0.6 is 0 Å². The molecule has 0 unspecified atom stereocenters. The van der Waals surface area contributed by atoms with Crippen molar-refractivity contribution in [1.82, 2.24) is 0 Å². The second kappa shape index (κ2) is 6.41. The summed E-state index contributed by atoms with van der Waals surface area (Å²) in [6.07, 6.45) is 6.76. The average molecular weight is 266 g/mol. The third-order valence-electron chi connectivity index (χ3n) is 3.43. The molecule has 1 saturated carbocycles. The number of hydrogen-bond acceptors (Lipinski definition) is 3. The normalized spacial score (nSPS) is 18.1. The van der Waals surface area contributed by atoms with Crippen LogP contribution in [0.2, 0.25) is 0 Å². The molecule has 0 spiro atoms. The van der Waals surface area contributed by atoms with Crippen molar-refractivity contribution in [3.8, 4) is 5.75 Å². The van der Waals surface area contributed by atoms with E-state index in [4.69, 9.17) is 15.7 Å². The zero-order valence-corrected chi connectivity index (χ0v) is 10.8. The minimum absolute atomic E-state index is 0.0895. The lowest BCUT2D eigenvalue weighted by Gasteiger charge is -2.17. The van der Waals surface area contributed by atoms with E-state index in [-0.39, 0.29) is 17.7 Å². The summed E-state index contributed by atoms with van der Waals surface area (Å²) in [5.41, 5.74) is 5.75. The number of ether oxygens (including phenoxy) is 1. The largest absolute Gasteiger partial charge is 0.487 e. The van der Waals surface area contributed by atoms with Crippen LogP contribution in [0.5, 0.6) is 5.75 Å². The number of benzene rings is 1. The van der Waals surface area contributed by atoms with Gasteiger partial charge in [0.05, 0.1) is 6.10 Å². The molecular formula is C14H19FN2O2. The fraction of sp³-hybridized carbons (Fsp3) is 0.500. The van der Waals surface area contributed by atoms with Crippen molar-refractivity contribution in [2.75, 3.05) is 0 Å². The Morgan fingerprint density at radius 3 is 2.53 bits per heavy atom. The van der Waals surface area contributed by atoms with Crippen molar-refractivity contribution in [1.29, 1.82) is 0 Å². The van der Waals surface area contributed by atoms with Gasteiger partial charge in [-0.1, -0.05) is 18.0 Å². The molecule has 1 aliphatic rings. The van der Waals surface area contributed by atoms with Crippen molar-refractivity contribution in [3.63, 3.8) is 0 Å². The van der Waals surface area contributed by atoms with Crippen LogP contribution in [0.3, 0.4) is 0 Å². The third kappa shape index (κ3) is 3.59. The van der Waals surface area contributed by atoms with Gasteiger partial charge in [0.2, 0.25) is 0 Å². The summed E-state index contributed by atoms with van der Waals surface area (Å²) in [4.78, 5) is 0. The molecule has 0 saturated heterocycles. The van der Waals surface area contributed by atoms with E-state index in [2.05, 4.69) is 5.16 Å². The van der Waals surface area contributed by atoms with Gasteiger partial charge in [0, 0.05) is 5.56 Å². The molecule has 0 heterocycles. The van der Waals surface area contributed by atoms with Gasteiger partial charge in [0.1, 0.15) is 0 Å². The van der Waals surface area contributed by atoms with Crippen molar-refractivity contribution < 1.29 is 14.3 Å². The van der Waals surface area contributed by atoms with E-state index in [1.165, 1.54) is 25.0 Å². The van der Waals surface area contributed by atoms with Gasteiger partial charge < -0.3 is 15.7 Å². The monoisotopic (exact) mass is 266 g/mol. The van der Waals surface area contributed by atoms with E-state index in [0.717, 1.165) is 25.7 Å². The molecule has 0 aliphatic heterocycles. The van der Waals surface area contributed by atoms with Gasteiger partial charge in [-0.05, 0) is 43.9 Å². The summed E-state index contributed by atoms with van der Waals surface area (Å²) in [5.74, 6) is -0.352. The van der Waals surface area contributed by atoms with Crippen molar-refractivity contribution in [2.45, 2.75) is 44.6 Å². The zero-order valence-electron chi connectivity index (χ0n) is 10.8. The second-order valence-corrected chi connectivity index (χ2v) is 4.86. The van der Waals surface area contributed by atoms with Crippen LogP contribution in [0.1, 0.15) is 44.1 Å². The minimum Gasteiger partial charge on any atom is -0.487 e. The Hall–Kier alpha value is -1.78. The summed E-state index contributed by atoms with van der Waals surface area (Å²) < 4.78 is 19.6. The van der Waals surface area contributed by atoms with Crippen LogP contribution in [0, 0.1) is 5.82 Å². The number of nitrogens with two attached hydrogens (primary N) is 1. The first-order valence-electron chi connectivity index (χ1n) is 6.65. The Morgan fingerprint density at radius 1 is 1.26 bits per heavy atom. The highest BCUT2D eigenvalue weighted by Gasteiger charge is 2.16. The molecule has 4 nitrogen and oxygen atoms in total. The fourth-order valence-electron chi connectivity index (χ4n) is 2.35. The highest BCUT2D eigenvalue weighted by molar-refractivity contribution is 5.97. The lowest BCUT2D eigenvalue weighted by Crippen LogP contribution is -2.17. The first kappa shape index (κ1) is 13.6. The Kier molecular flexibility index (Phi) is 4.60. The van der Waals surface area contributed by atoms with Crippen LogP contribution in [0.25, 0.3) is 0 Å². The summed E-state index contributed by atoms with van der Waals surface area (Å²) in [7, 11) is 0. The molecule has 5 heteroatoms. The van der Waals surface area contributed by atoms with E-state index in [1.807, 2.05) is 0 Å².